The first-order valence-electron chi connectivity index (χ1n) is 10.8. The Labute approximate surface area is 177 Å². The number of likely N-dealkylation sites (tertiary alicyclic amines) is 1. The van der Waals surface area contributed by atoms with E-state index in [1.54, 1.807) is 0 Å². The molecule has 2 aromatic heterocycles. The summed E-state index contributed by atoms with van der Waals surface area (Å²) in [5, 5.41) is 4.47. The molecule has 3 heterocycles. The average Bonchev–Trinajstić information content (AvgIpc) is 3.19. The van der Waals surface area contributed by atoms with Crippen molar-refractivity contribution in [3.8, 4) is 0 Å². The summed E-state index contributed by atoms with van der Waals surface area (Å²) < 4.78 is 5.78. The van der Waals surface area contributed by atoms with Gasteiger partial charge in [0.15, 0.2) is 11.6 Å². The van der Waals surface area contributed by atoms with Crippen LogP contribution in [0, 0.1) is 0 Å². The van der Waals surface area contributed by atoms with Gasteiger partial charge in [0.2, 0.25) is 0 Å². The van der Waals surface area contributed by atoms with Crippen LogP contribution in [0.4, 0.5) is 11.5 Å². The summed E-state index contributed by atoms with van der Waals surface area (Å²) in [6.07, 6.45) is 3.68. The fourth-order valence-corrected chi connectivity index (χ4v) is 4.25. The number of carbonyl (C=O) groups excluding carboxylic acids is 1. The number of anilines is 2. The lowest BCUT2D eigenvalue weighted by molar-refractivity contribution is 0.0682. The van der Waals surface area contributed by atoms with E-state index in [1.165, 1.54) is 0 Å². The molecule has 158 valence electrons. The first-order chi connectivity index (χ1) is 14.6. The van der Waals surface area contributed by atoms with Crippen LogP contribution in [0.1, 0.15) is 44.2 Å². The van der Waals surface area contributed by atoms with Crippen LogP contribution in [-0.4, -0.2) is 47.5 Å². The van der Waals surface area contributed by atoms with Crippen molar-refractivity contribution >= 4 is 28.4 Å². The lowest BCUT2D eigenvalue weighted by Gasteiger charge is -2.39. The van der Waals surface area contributed by atoms with E-state index in [9.17, 15) is 4.79 Å². The average molecular weight is 407 g/mol. The molecule has 1 amide bonds. The van der Waals surface area contributed by atoms with Crippen molar-refractivity contribution in [1.82, 2.24) is 9.88 Å². The monoisotopic (exact) mass is 406 g/mol. The zero-order valence-electron chi connectivity index (χ0n) is 18.0. The van der Waals surface area contributed by atoms with Crippen LogP contribution in [0.3, 0.4) is 0 Å². The molecule has 1 aliphatic rings. The molecule has 0 unspecified atom stereocenters. The number of amides is 1. The van der Waals surface area contributed by atoms with Gasteiger partial charge < -0.3 is 19.5 Å². The molecule has 6 nitrogen and oxygen atoms in total. The molecular formula is C24H30N4O2. The van der Waals surface area contributed by atoms with Crippen molar-refractivity contribution < 1.29 is 9.21 Å². The van der Waals surface area contributed by atoms with Gasteiger partial charge in [-0.05, 0) is 57.9 Å². The minimum Gasteiger partial charge on any atom is -0.451 e. The Morgan fingerprint density at radius 3 is 2.70 bits per heavy atom. The number of nitrogens with one attached hydrogen (secondary N) is 1. The summed E-state index contributed by atoms with van der Waals surface area (Å²) in [6, 6.07) is 14.3. The topological polar surface area (TPSA) is 61.6 Å². The van der Waals surface area contributed by atoms with Crippen molar-refractivity contribution in [3.63, 3.8) is 0 Å². The fraction of sp³-hybridized carbons (Fsp3) is 0.417. The van der Waals surface area contributed by atoms with E-state index < -0.39 is 0 Å². The number of furan rings is 1. The number of benzene rings is 1. The molecule has 0 bridgehead atoms. The maximum absolute atomic E-state index is 13.0. The van der Waals surface area contributed by atoms with Gasteiger partial charge in [-0.15, -0.1) is 0 Å². The quantitative estimate of drug-likeness (QED) is 0.638. The van der Waals surface area contributed by atoms with Crippen LogP contribution in [0.5, 0.6) is 0 Å². The highest BCUT2D eigenvalue weighted by Crippen LogP contribution is 2.29. The SMILES string of the molecule is CCN(c1ncccc1NC(C)C)C1CCN(C(=O)c2cc3ccccc3o2)CC1. The molecule has 0 spiro atoms. The molecule has 30 heavy (non-hydrogen) atoms. The highest BCUT2D eigenvalue weighted by molar-refractivity contribution is 5.96. The first-order valence-corrected chi connectivity index (χ1v) is 10.8. The van der Waals surface area contributed by atoms with Crippen LogP contribution >= 0.6 is 0 Å². The number of piperidine rings is 1. The number of fused-ring (bicyclic) bond motifs is 1. The molecule has 0 atom stereocenters. The Kier molecular flexibility index (Phi) is 5.93. The molecule has 0 aliphatic carbocycles. The Bertz CT molecular complexity index is 972. The second kappa shape index (κ2) is 8.78. The molecule has 0 saturated carbocycles. The van der Waals surface area contributed by atoms with E-state index in [0.717, 1.165) is 55.0 Å². The highest BCUT2D eigenvalue weighted by atomic mass is 16.3. The third-order valence-electron chi connectivity index (χ3n) is 5.67. The summed E-state index contributed by atoms with van der Waals surface area (Å²) in [4.78, 5) is 21.9. The van der Waals surface area contributed by atoms with E-state index in [-0.39, 0.29) is 5.91 Å². The van der Waals surface area contributed by atoms with Gasteiger partial charge in [-0.25, -0.2) is 4.98 Å². The number of nitrogens with zero attached hydrogens (tertiary/aromatic N) is 3. The number of carbonyl (C=O) groups is 1. The number of hydrogen-bond donors (Lipinski definition) is 1. The Morgan fingerprint density at radius 1 is 1.23 bits per heavy atom. The minimum atomic E-state index is -0.0206. The Hall–Kier alpha value is -3.02. The van der Waals surface area contributed by atoms with Gasteiger partial charge in [0.25, 0.3) is 5.91 Å². The summed E-state index contributed by atoms with van der Waals surface area (Å²) in [5.41, 5.74) is 1.82. The molecule has 6 heteroatoms. The van der Waals surface area contributed by atoms with Crippen LogP contribution in [0.15, 0.2) is 53.1 Å². The number of aromatic nitrogens is 1. The maximum atomic E-state index is 13.0. The number of para-hydroxylation sites is 1. The van der Waals surface area contributed by atoms with Crippen LogP contribution in [-0.2, 0) is 0 Å². The van der Waals surface area contributed by atoms with E-state index in [4.69, 9.17) is 4.42 Å². The van der Waals surface area contributed by atoms with E-state index in [0.29, 0.717) is 17.8 Å². The largest absolute Gasteiger partial charge is 0.451 e. The van der Waals surface area contributed by atoms with Crippen molar-refractivity contribution in [2.45, 2.75) is 45.7 Å². The molecule has 1 aromatic carbocycles. The van der Waals surface area contributed by atoms with E-state index in [2.05, 4.69) is 42.0 Å². The lowest BCUT2D eigenvalue weighted by atomic mass is 10.0. The summed E-state index contributed by atoms with van der Waals surface area (Å²) >= 11 is 0. The maximum Gasteiger partial charge on any atom is 0.289 e. The molecule has 1 N–H and O–H groups in total. The smallest absolute Gasteiger partial charge is 0.289 e. The number of hydrogen-bond acceptors (Lipinski definition) is 5. The van der Waals surface area contributed by atoms with Gasteiger partial charge in [0.05, 0.1) is 5.69 Å². The predicted octanol–water partition coefficient (Wildman–Crippen LogP) is 4.78. The molecule has 0 radical (unpaired) electrons. The molecule has 3 aromatic rings. The second-order valence-electron chi connectivity index (χ2n) is 8.13. The zero-order chi connectivity index (χ0) is 21.1. The van der Waals surface area contributed by atoms with Crippen molar-refractivity contribution in [2.75, 3.05) is 29.9 Å². The third kappa shape index (κ3) is 4.13. The Morgan fingerprint density at radius 2 is 2.00 bits per heavy atom. The molecule has 1 fully saturated rings. The van der Waals surface area contributed by atoms with Crippen molar-refractivity contribution in [1.29, 1.82) is 0 Å². The van der Waals surface area contributed by atoms with Gasteiger partial charge in [-0.3, -0.25) is 4.79 Å². The Balaban J connectivity index is 1.45. The van der Waals surface area contributed by atoms with Crippen molar-refractivity contribution in [2.24, 2.45) is 0 Å². The molecule has 4 rings (SSSR count). The van der Waals surface area contributed by atoms with Gasteiger partial charge in [0, 0.05) is 43.3 Å². The summed E-state index contributed by atoms with van der Waals surface area (Å²) in [6.45, 7) is 8.75. The molecular weight excluding hydrogens is 376 g/mol. The standard InChI is InChI=1S/C24H30N4O2/c1-4-28(23-20(26-17(2)3)9-7-13-25-23)19-11-14-27(15-12-19)24(29)22-16-18-8-5-6-10-21(18)30-22/h5-10,13,16-17,19,26H,4,11-12,14-15H2,1-3H3. The van der Waals surface area contributed by atoms with Crippen LogP contribution in [0.2, 0.25) is 0 Å². The van der Waals surface area contributed by atoms with Crippen LogP contribution < -0.4 is 10.2 Å². The van der Waals surface area contributed by atoms with Crippen LogP contribution in [0.25, 0.3) is 11.0 Å². The van der Waals surface area contributed by atoms with E-state index >= 15 is 0 Å². The van der Waals surface area contributed by atoms with Crippen molar-refractivity contribution in [3.05, 3.63) is 54.4 Å². The number of rotatable bonds is 6. The fourth-order valence-electron chi connectivity index (χ4n) is 4.25. The second-order valence-corrected chi connectivity index (χ2v) is 8.13. The van der Waals surface area contributed by atoms with E-state index in [1.807, 2.05) is 47.5 Å². The van der Waals surface area contributed by atoms with Gasteiger partial charge in [-0.2, -0.15) is 0 Å². The van der Waals surface area contributed by atoms with Gasteiger partial charge >= 0.3 is 0 Å². The first kappa shape index (κ1) is 20.3. The summed E-state index contributed by atoms with van der Waals surface area (Å²) in [5.74, 6) is 1.40. The molecule has 1 aliphatic heterocycles. The predicted molar refractivity (Wildman–Crippen MR) is 121 cm³/mol. The molecule has 1 saturated heterocycles. The lowest BCUT2D eigenvalue weighted by Crippen LogP contribution is -2.47. The normalized spacial score (nSPS) is 15.0. The minimum absolute atomic E-state index is 0.0206. The third-order valence-corrected chi connectivity index (χ3v) is 5.67. The van der Waals surface area contributed by atoms with Gasteiger partial charge in [-0.1, -0.05) is 18.2 Å². The number of pyridine rings is 1. The highest BCUT2D eigenvalue weighted by Gasteiger charge is 2.29. The summed E-state index contributed by atoms with van der Waals surface area (Å²) in [7, 11) is 0. The zero-order valence-corrected chi connectivity index (χ0v) is 18.0. The van der Waals surface area contributed by atoms with Gasteiger partial charge in [0.1, 0.15) is 5.58 Å².